The topological polar surface area (TPSA) is 75.3 Å². The molecule has 2 heterocycles. The lowest BCUT2D eigenvalue weighted by atomic mass is 9.71. The molecule has 1 aliphatic rings. The molecule has 50 heavy (non-hydrogen) atoms. The van der Waals surface area contributed by atoms with Gasteiger partial charge in [0.1, 0.15) is 0 Å². The van der Waals surface area contributed by atoms with Gasteiger partial charge in [-0.15, -0.1) is 0 Å². The molecule has 246 valence electrons. The molecule has 0 saturated heterocycles. The summed E-state index contributed by atoms with van der Waals surface area (Å²) in [6.45, 7) is 11.4. The number of nitrogens with zero attached hydrogens (tertiary/aromatic N) is 5. The minimum Gasteiger partial charge on any atom is -0.256 e. The van der Waals surface area contributed by atoms with E-state index >= 15 is 0 Å². The Morgan fingerprint density at radius 2 is 1.28 bits per heavy atom. The van der Waals surface area contributed by atoms with Crippen LogP contribution in [0.5, 0.6) is 0 Å². The van der Waals surface area contributed by atoms with Crippen molar-refractivity contribution in [1.29, 1.82) is 5.26 Å². The fourth-order valence-electron chi connectivity index (χ4n) is 7.46. The van der Waals surface area contributed by atoms with Crippen LogP contribution in [0.2, 0.25) is 0 Å². The van der Waals surface area contributed by atoms with Crippen LogP contribution in [-0.2, 0) is 5.41 Å². The predicted molar refractivity (Wildman–Crippen MR) is 203 cm³/mol. The average Bonchev–Trinajstić information content (AvgIpc) is 3.33. The Morgan fingerprint density at radius 3 is 1.92 bits per heavy atom. The number of hydrogen-bond acceptors (Lipinski definition) is 5. The van der Waals surface area contributed by atoms with Gasteiger partial charge in [0.2, 0.25) is 0 Å². The predicted octanol–water partition coefficient (Wildman–Crippen LogP) is 11.1. The van der Waals surface area contributed by atoms with Crippen molar-refractivity contribution in [2.75, 3.05) is 0 Å². The molecule has 1 aliphatic carbocycles. The Kier molecular flexibility index (Phi) is 9.19. The summed E-state index contributed by atoms with van der Waals surface area (Å²) in [5.74, 6) is 2.93. The molecule has 0 bridgehead atoms. The van der Waals surface area contributed by atoms with Crippen LogP contribution in [0.4, 0.5) is 0 Å². The van der Waals surface area contributed by atoms with Crippen molar-refractivity contribution in [2.45, 2.75) is 51.9 Å². The highest BCUT2D eigenvalue weighted by Gasteiger charge is 2.35. The van der Waals surface area contributed by atoms with Crippen LogP contribution in [0.15, 0.2) is 134 Å². The lowest BCUT2D eigenvalue weighted by Crippen LogP contribution is -2.25. The van der Waals surface area contributed by atoms with Gasteiger partial charge in [0.25, 0.3) is 0 Å². The number of hydrogen-bond donors (Lipinski definition) is 0. The molecule has 3 atom stereocenters. The third-order valence-corrected chi connectivity index (χ3v) is 10.2. The minimum atomic E-state index is 0.0968. The summed E-state index contributed by atoms with van der Waals surface area (Å²) in [7, 11) is 0. The Hall–Kier alpha value is -5.73. The Morgan fingerprint density at radius 1 is 0.680 bits per heavy atom. The monoisotopic (exact) mass is 651 g/mol. The third-order valence-electron chi connectivity index (χ3n) is 10.2. The molecule has 5 heteroatoms. The second-order valence-electron chi connectivity index (χ2n) is 14.1. The van der Waals surface area contributed by atoms with Gasteiger partial charge < -0.3 is 0 Å². The molecule has 6 aromatic rings. The standard InChI is InChI=1S/C45H41N5/c1-30(2)36-16-13-31(3)27-45(4,28-36)40-21-19-33(20-22-40)37-24-38(41-12-8-9-23-47-41)26-39(25-37)44-49-42(34-10-6-5-7-11-34)48-43(50-44)35-17-14-32(29-46)15-18-35/h5-12,14-15,17-26,31,36H,1,13,16,27-28H2,2-4H3/t31-,36+,45?/m0/s1. The second kappa shape index (κ2) is 14.0. The molecule has 0 N–H and O–H groups in total. The zero-order valence-corrected chi connectivity index (χ0v) is 29.0. The van der Waals surface area contributed by atoms with E-state index in [-0.39, 0.29) is 5.41 Å². The Labute approximate surface area is 295 Å². The SMILES string of the molecule is C=C(C)[C@@H]1CC[C@H](C)CC(C)(c2ccc(-c3cc(-c4ccccn4)cc(-c4nc(-c5ccccc5)nc(-c5ccc(C#N)cc5)n4)c3)cc2)C1. The molecule has 2 aromatic heterocycles. The first-order chi connectivity index (χ1) is 24.3. The first kappa shape index (κ1) is 32.8. The van der Waals surface area contributed by atoms with Crippen molar-refractivity contribution in [1.82, 2.24) is 19.9 Å². The summed E-state index contributed by atoms with van der Waals surface area (Å²) >= 11 is 0. The molecule has 1 unspecified atom stereocenters. The van der Waals surface area contributed by atoms with E-state index in [9.17, 15) is 5.26 Å². The summed E-state index contributed by atoms with van der Waals surface area (Å²) in [5, 5.41) is 9.37. The summed E-state index contributed by atoms with van der Waals surface area (Å²) in [4.78, 5) is 19.6. The van der Waals surface area contributed by atoms with E-state index in [0.717, 1.165) is 45.5 Å². The normalized spacial score (nSPS) is 18.9. The number of pyridine rings is 1. The highest BCUT2D eigenvalue weighted by atomic mass is 15.0. The van der Waals surface area contributed by atoms with Gasteiger partial charge in [0.15, 0.2) is 17.5 Å². The summed E-state index contributed by atoms with van der Waals surface area (Å²) in [6, 6.07) is 41.2. The van der Waals surface area contributed by atoms with E-state index < -0.39 is 0 Å². The Bertz CT molecular complexity index is 2170. The molecule has 1 saturated carbocycles. The van der Waals surface area contributed by atoms with Crippen LogP contribution in [0.1, 0.15) is 57.6 Å². The van der Waals surface area contributed by atoms with Crippen molar-refractivity contribution in [3.63, 3.8) is 0 Å². The van der Waals surface area contributed by atoms with Gasteiger partial charge in [0, 0.05) is 28.5 Å². The summed E-state index contributed by atoms with van der Waals surface area (Å²) < 4.78 is 0. The highest BCUT2D eigenvalue weighted by Crippen LogP contribution is 2.45. The number of allylic oxidation sites excluding steroid dienone is 1. The quantitative estimate of drug-likeness (QED) is 0.127. The molecule has 0 radical (unpaired) electrons. The minimum absolute atomic E-state index is 0.0968. The zero-order valence-electron chi connectivity index (χ0n) is 29.0. The fraction of sp³-hybridized carbons (Fsp3) is 0.222. The van der Waals surface area contributed by atoms with Crippen molar-refractivity contribution >= 4 is 0 Å². The molecule has 4 aromatic carbocycles. The molecular weight excluding hydrogens is 611 g/mol. The summed E-state index contributed by atoms with van der Waals surface area (Å²) in [6.07, 6.45) is 6.62. The molecular formula is C45H41N5. The van der Waals surface area contributed by atoms with Crippen LogP contribution >= 0.6 is 0 Å². The van der Waals surface area contributed by atoms with Gasteiger partial charge in [-0.2, -0.15) is 5.26 Å². The number of benzene rings is 4. The van der Waals surface area contributed by atoms with Gasteiger partial charge >= 0.3 is 0 Å². The lowest BCUT2D eigenvalue weighted by Gasteiger charge is -2.33. The van der Waals surface area contributed by atoms with Gasteiger partial charge in [-0.05, 0) is 115 Å². The maximum atomic E-state index is 9.37. The third kappa shape index (κ3) is 7.02. The zero-order chi connectivity index (χ0) is 34.7. The van der Waals surface area contributed by atoms with Crippen molar-refractivity contribution < 1.29 is 0 Å². The van der Waals surface area contributed by atoms with E-state index in [4.69, 9.17) is 19.9 Å². The van der Waals surface area contributed by atoms with Gasteiger partial charge in [-0.3, -0.25) is 4.98 Å². The fourth-order valence-corrected chi connectivity index (χ4v) is 7.46. The molecule has 5 nitrogen and oxygen atoms in total. The van der Waals surface area contributed by atoms with Crippen LogP contribution in [-0.4, -0.2) is 19.9 Å². The lowest BCUT2D eigenvalue weighted by molar-refractivity contribution is 0.339. The molecule has 0 spiro atoms. The van der Waals surface area contributed by atoms with Crippen molar-refractivity contribution in [3.8, 4) is 62.6 Å². The van der Waals surface area contributed by atoms with Crippen molar-refractivity contribution in [2.24, 2.45) is 11.8 Å². The number of aromatic nitrogens is 4. The maximum Gasteiger partial charge on any atom is 0.164 e. The molecule has 1 fully saturated rings. The van der Waals surface area contributed by atoms with E-state index in [0.29, 0.717) is 34.9 Å². The highest BCUT2D eigenvalue weighted by molar-refractivity contribution is 5.79. The van der Waals surface area contributed by atoms with Crippen LogP contribution in [0.25, 0.3) is 56.5 Å². The molecule has 7 rings (SSSR count). The number of rotatable bonds is 7. The van der Waals surface area contributed by atoms with Crippen LogP contribution in [0, 0.1) is 23.2 Å². The second-order valence-corrected chi connectivity index (χ2v) is 14.1. The van der Waals surface area contributed by atoms with Crippen LogP contribution in [0.3, 0.4) is 0 Å². The largest absolute Gasteiger partial charge is 0.256 e. The Balaban J connectivity index is 1.34. The first-order valence-corrected chi connectivity index (χ1v) is 17.4. The number of nitriles is 1. The van der Waals surface area contributed by atoms with Gasteiger partial charge in [-0.25, -0.2) is 15.0 Å². The average molecular weight is 652 g/mol. The maximum absolute atomic E-state index is 9.37. The smallest absolute Gasteiger partial charge is 0.164 e. The van der Waals surface area contributed by atoms with E-state index in [2.05, 4.69) is 75.9 Å². The molecule has 0 aliphatic heterocycles. The van der Waals surface area contributed by atoms with E-state index in [1.807, 2.05) is 66.9 Å². The van der Waals surface area contributed by atoms with Gasteiger partial charge in [-0.1, -0.05) is 93.1 Å². The van der Waals surface area contributed by atoms with E-state index in [1.54, 1.807) is 12.1 Å². The van der Waals surface area contributed by atoms with Crippen LogP contribution < -0.4 is 0 Å². The van der Waals surface area contributed by atoms with Gasteiger partial charge in [0.05, 0.1) is 17.3 Å². The van der Waals surface area contributed by atoms with E-state index in [1.165, 1.54) is 30.4 Å². The first-order valence-electron chi connectivity index (χ1n) is 17.4. The summed E-state index contributed by atoms with van der Waals surface area (Å²) in [5.41, 5.74) is 10.0. The van der Waals surface area contributed by atoms with Crippen molar-refractivity contribution in [3.05, 3.63) is 145 Å². The molecule has 0 amide bonds.